The predicted octanol–water partition coefficient (Wildman–Crippen LogP) is 13.9. The highest BCUT2D eigenvalue weighted by Crippen LogP contribution is 2.39. The largest absolute Gasteiger partial charge is 0.456 e. The molecular formula is C54H41N3O. The number of amidine groups is 1. The lowest BCUT2D eigenvalue weighted by atomic mass is 9.95. The maximum absolute atomic E-state index is 6.44. The maximum atomic E-state index is 6.44. The Labute approximate surface area is 338 Å². The molecule has 58 heavy (non-hydrogen) atoms. The number of hydrogen-bond acceptors (Lipinski definition) is 3. The van der Waals surface area contributed by atoms with Crippen LogP contribution in [0.3, 0.4) is 0 Å². The Morgan fingerprint density at radius 3 is 2.22 bits per heavy atom. The van der Waals surface area contributed by atoms with Gasteiger partial charge in [0, 0.05) is 38.5 Å². The number of fused-ring (bicyclic) bond motifs is 6. The molecule has 0 saturated heterocycles. The highest BCUT2D eigenvalue weighted by Gasteiger charge is 2.21. The molecule has 0 spiro atoms. The van der Waals surface area contributed by atoms with Crippen LogP contribution in [0.15, 0.2) is 210 Å². The first kappa shape index (κ1) is 35.0. The lowest BCUT2D eigenvalue weighted by molar-refractivity contribution is 0.655. The van der Waals surface area contributed by atoms with Gasteiger partial charge in [-0.15, -0.1) is 0 Å². The van der Waals surface area contributed by atoms with Gasteiger partial charge in [0.15, 0.2) is 0 Å². The lowest BCUT2D eigenvalue weighted by Gasteiger charge is -2.22. The molecule has 3 heterocycles. The Bertz CT molecular complexity index is 3090. The second-order valence-corrected chi connectivity index (χ2v) is 14.8. The molecule has 7 aromatic carbocycles. The van der Waals surface area contributed by atoms with Crippen LogP contribution in [0.25, 0.3) is 66.8 Å². The number of aliphatic imine (C=N–C) groups is 1. The van der Waals surface area contributed by atoms with Crippen LogP contribution in [0.4, 0.5) is 0 Å². The van der Waals surface area contributed by atoms with Gasteiger partial charge in [0.2, 0.25) is 0 Å². The van der Waals surface area contributed by atoms with Gasteiger partial charge in [-0.25, -0.2) is 0 Å². The molecule has 2 aromatic heterocycles. The first-order chi connectivity index (χ1) is 28.7. The highest BCUT2D eigenvalue weighted by molar-refractivity contribution is 6.11. The normalized spacial score (nSPS) is 15.8. The summed E-state index contributed by atoms with van der Waals surface area (Å²) in [6.45, 7) is 4.44. The van der Waals surface area contributed by atoms with Crippen molar-refractivity contribution in [3.63, 3.8) is 0 Å². The van der Waals surface area contributed by atoms with Crippen LogP contribution in [0.2, 0.25) is 0 Å². The van der Waals surface area contributed by atoms with E-state index in [-0.39, 0.29) is 6.04 Å². The number of nitrogens with zero attached hydrogens (tertiary/aromatic N) is 2. The number of rotatable bonds is 8. The van der Waals surface area contributed by atoms with Crippen molar-refractivity contribution in [3.05, 3.63) is 229 Å². The van der Waals surface area contributed by atoms with E-state index in [4.69, 9.17) is 9.41 Å². The summed E-state index contributed by atoms with van der Waals surface area (Å²) in [4.78, 5) is 5.45. The summed E-state index contributed by atoms with van der Waals surface area (Å²) in [6, 6.07) is 59.4. The average molecular weight is 748 g/mol. The Balaban J connectivity index is 0.940. The summed E-state index contributed by atoms with van der Waals surface area (Å²) in [7, 11) is 0. The monoisotopic (exact) mass is 747 g/mol. The second-order valence-electron chi connectivity index (χ2n) is 14.8. The Morgan fingerprint density at radius 2 is 1.40 bits per heavy atom. The summed E-state index contributed by atoms with van der Waals surface area (Å²) < 4.78 is 8.78. The fourth-order valence-electron chi connectivity index (χ4n) is 8.31. The van der Waals surface area contributed by atoms with Crippen molar-refractivity contribution >= 4 is 66.9 Å². The molecule has 4 heteroatoms. The zero-order valence-corrected chi connectivity index (χ0v) is 32.1. The molecule has 1 atom stereocenters. The highest BCUT2D eigenvalue weighted by atomic mass is 16.3. The quantitative estimate of drug-likeness (QED) is 0.157. The molecule has 1 N–H and O–H groups in total. The van der Waals surface area contributed by atoms with E-state index in [0.29, 0.717) is 0 Å². The molecule has 0 amide bonds. The Hall–Kier alpha value is -7.43. The van der Waals surface area contributed by atoms with Gasteiger partial charge in [-0.3, -0.25) is 4.99 Å². The predicted molar refractivity (Wildman–Crippen MR) is 244 cm³/mol. The minimum Gasteiger partial charge on any atom is -0.456 e. The molecule has 0 bridgehead atoms. The average Bonchev–Trinajstić information content (AvgIpc) is 3.81. The second kappa shape index (κ2) is 15.2. The van der Waals surface area contributed by atoms with Crippen molar-refractivity contribution < 1.29 is 4.42 Å². The van der Waals surface area contributed by atoms with Gasteiger partial charge in [-0.2, -0.15) is 0 Å². The smallest absolute Gasteiger partial charge is 0.135 e. The number of furan rings is 1. The van der Waals surface area contributed by atoms with Crippen molar-refractivity contribution in [2.24, 2.45) is 4.99 Å². The van der Waals surface area contributed by atoms with Gasteiger partial charge in [0.1, 0.15) is 17.0 Å². The van der Waals surface area contributed by atoms with Crippen LogP contribution in [0, 0.1) is 0 Å². The van der Waals surface area contributed by atoms with Crippen LogP contribution in [0.1, 0.15) is 46.7 Å². The number of para-hydroxylation sites is 2. The lowest BCUT2D eigenvalue weighted by Crippen LogP contribution is -2.25. The van der Waals surface area contributed by atoms with Crippen molar-refractivity contribution in [1.82, 2.24) is 9.88 Å². The molecular weight excluding hydrogens is 707 g/mol. The van der Waals surface area contributed by atoms with Crippen molar-refractivity contribution in [2.75, 3.05) is 0 Å². The number of hydrogen-bond donors (Lipinski definition) is 1. The maximum Gasteiger partial charge on any atom is 0.135 e. The third-order valence-electron chi connectivity index (χ3n) is 11.1. The molecule has 10 rings (SSSR count). The molecule has 1 unspecified atom stereocenters. The van der Waals surface area contributed by atoms with E-state index in [1.165, 1.54) is 27.4 Å². The SMILES string of the molecule is C=C(C=CC=Cc1ccc2oc3cccc(C4CC/C=C(/c5ccccc5)NC(c5ccccc5)=N4)c3c2c1)c1ccc2c(c1)c1ccccc1n2-c1ccccc1. The molecule has 0 aliphatic carbocycles. The first-order valence-corrected chi connectivity index (χ1v) is 19.9. The minimum absolute atomic E-state index is 0.0666. The summed E-state index contributed by atoms with van der Waals surface area (Å²) in [5.41, 5.74) is 12.9. The zero-order valence-electron chi connectivity index (χ0n) is 32.1. The van der Waals surface area contributed by atoms with Crippen LogP contribution < -0.4 is 5.32 Å². The topological polar surface area (TPSA) is 42.5 Å². The van der Waals surface area contributed by atoms with E-state index in [9.17, 15) is 0 Å². The van der Waals surface area contributed by atoms with Crippen LogP contribution in [-0.2, 0) is 0 Å². The molecule has 4 nitrogen and oxygen atoms in total. The number of allylic oxidation sites excluding steroid dienone is 5. The molecule has 1 aliphatic rings. The van der Waals surface area contributed by atoms with E-state index in [2.05, 4.69) is 211 Å². The number of nitrogens with one attached hydrogen (secondary N) is 1. The van der Waals surface area contributed by atoms with Gasteiger partial charge in [0.25, 0.3) is 0 Å². The summed E-state index contributed by atoms with van der Waals surface area (Å²) in [6.07, 6.45) is 12.4. The van der Waals surface area contributed by atoms with Crippen molar-refractivity contribution in [3.8, 4) is 5.69 Å². The van der Waals surface area contributed by atoms with Gasteiger partial charge in [-0.05, 0) is 89.2 Å². The van der Waals surface area contributed by atoms with E-state index >= 15 is 0 Å². The summed E-state index contributed by atoms with van der Waals surface area (Å²) >= 11 is 0. The molecule has 9 aromatic rings. The van der Waals surface area contributed by atoms with E-state index in [0.717, 1.165) is 79.8 Å². The first-order valence-electron chi connectivity index (χ1n) is 19.9. The standard InChI is InChI=1S/C54H41N3O/c1-37(41-32-33-50-45(36-41)43-25-13-14-29-49(43)57(50)42-23-9-4-10-24-42)17-11-12-18-38-31-34-51-46(35-38)53-44(26-15-30-52(53)58-51)48-28-16-27-47(39-19-5-2-6-20-39)55-54(56-48)40-21-7-3-8-22-40/h2-15,17-27,29-36,48H,1,16,28H2,(H,55,56)/b17-11?,18-12?,47-27-. The third kappa shape index (κ3) is 6.65. The third-order valence-corrected chi connectivity index (χ3v) is 11.1. The van der Waals surface area contributed by atoms with Crippen molar-refractivity contribution in [1.29, 1.82) is 0 Å². The van der Waals surface area contributed by atoms with E-state index < -0.39 is 0 Å². The molecule has 278 valence electrons. The number of aromatic nitrogens is 1. The van der Waals surface area contributed by atoms with Crippen LogP contribution in [0.5, 0.6) is 0 Å². The number of benzene rings is 7. The van der Waals surface area contributed by atoms with E-state index in [1.807, 2.05) is 6.07 Å². The summed E-state index contributed by atoms with van der Waals surface area (Å²) in [5, 5.41) is 8.37. The molecule has 1 aliphatic heterocycles. The van der Waals surface area contributed by atoms with Gasteiger partial charge < -0.3 is 14.3 Å². The fourth-order valence-corrected chi connectivity index (χ4v) is 8.31. The van der Waals surface area contributed by atoms with E-state index in [1.54, 1.807) is 0 Å². The molecule has 0 saturated carbocycles. The van der Waals surface area contributed by atoms with Crippen LogP contribution in [-0.4, -0.2) is 10.4 Å². The summed E-state index contributed by atoms with van der Waals surface area (Å²) in [5.74, 6) is 0.862. The van der Waals surface area contributed by atoms with Gasteiger partial charge in [-0.1, -0.05) is 158 Å². The molecule has 0 fully saturated rings. The zero-order chi connectivity index (χ0) is 38.8. The van der Waals surface area contributed by atoms with Gasteiger partial charge >= 0.3 is 0 Å². The van der Waals surface area contributed by atoms with Crippen molar-refractivity contribution in [2.45, 2.75) is 18.9 Å². The Morgan fingerprint density at radius 1 is 0.655 bits per heavy atom. The Kier molecular flexibility index (Phi) is 9.21. The van der Waals surface area contributed by atoms with Crippen LogP contribution >= 0.6 is 0 Å². The minimum atomic E-state index is -0.0666. The fraction of sp³-hybridized carbons (Fsp3) is 0.0556. The van der Waals surface area contributed by atoms with Gasteiger partial charge in [0.05, 0.1) is 17.1 Å². The molecule has 0 radical (unpaired) electrons.